The fourth-order valence-electron chi connectivity index (χ4n) is 3.13. The van der Waals surface area contributed by atoms with Gasteiger partial charge in [-0.05, 0) is 30.0 Å². The zero-order valence-corrected chi connectivity index (χ0v) is 18.2. The van der Waals surface area contributed by atoms with Crippen LogP contribution in [0.3, 0.4) is 0 Å². The topological polar surface area (TPSA) is 77.0 Å². The Kier molecular flexibility index (Phi) is 7.82. The van der Waals surface area contributed by atoms with Crippen molar-refractivity contribution in [2.24, 2.45) is 4.99 Å². The number of aliphatic hydroxyl groups is 1. The number of carbonyl (C=O) groups excluding carboxylic acids is 1. The van der Waals surface area contributed by atoms with Gasteiger partial charge < -0.3 is 20.6 Å². The fraction of sp³-hybridized carbons (Fsp3) is 0.304. The summed E-state index contributed by atoms with van der Waals surface area (Å²) in [6.45, 7) is 3.62. The maximum Gasteiger partial charge on any atom is 0.242 e. The molecule has 1 heterocycles. The highest BCUT2D eigenvalue weighted by Crippen LogP contribution is 2.29. The Balaban J connectivity index is 1.49. The van der Waals surface area contributed by atoms with Gasteiger partial charge in [-0.2, -0.15) is 0 Å². The largest absolute Gasteiger partial charge is 0.386 e. The minimum absolute atomic E-state index is 0.00522. The molecule has 0 radical (unpaired) electrons. The number of nitrogens with zero attached hydrogens (tertiary/aromatic N) is 2. The minimum Gasteiger partial charge on any atom is -0.386 e. The number of benzene rings is 2. The average molecular weight is 425 g/mol. The van der Waals surface area contributed by atoms with Crippen molar-refractivity contribution >= 4 is 33.3 Å². The van der Waals surface area contributed by atoms with Gasteiger partial charge >= 0.3 is 0 Å². The molecule has 0 bridgehead atoms. The lowest BCUT2D eigenvalue weighted by atomic mass is 10.2. The summed E-state index contributed by atoms with van der Waals surface area (Å²) in [6, 6.07) is 20.0. The summed E-state index contributed by atoms with van der Waals surface area (Å²) in [4.78, 5) is 19.4. The number of carbonyl (C=O) groups is 1. The van der Waals surface area contributed by atoms with Crippen molar-refractivity contribution in [3.05, 3.63) is 71.1 Å². The van der Waals surface area contributed by atoms with E-state index in [-0.39, 0.29) is 12.5 Å². The number of amides is 1. The van der Waals surface area contributed by atoms with Gasteiger partial charge in [-0.25, -0.2) is 0 Å². The third-order valence-corrected chi connectivity index (χ3v) is 6.03. The first-order chi connectivity index (χ1) is 14.6. The number of hydrogen-bond donors (Lipinski definition) is 3. The van der Waals surface area contributed by atoms with Gasteiger partial charge in [-0.3, -0.25) is 9.79 Å². The summed E-state index contributed by atoms with van der Waals surface area (Å²) < 4.78 is 1.15. The zero-order valence-electron chi connectivity index (χ0n) is 17.3. The molecule has 1 unspecified atom stereocenters. The molecule has 1 atom stereocenters. The van der Waals surface area contributed by atoms with Crippen molar-refractivity contribution in [3.63, 3.8) is 0 Å². The minimum atomic E-state index is -0.651. The second-order valence-electron chi connectivity index (χ2n) is 6.90. The van der Waals surface area contributed by atoms with Crippen LogP contribution < -0.4 is 10.6 Å². The van der Waals surface area contributed by atoms with Crippen LogP contribution in [0.5, 0.6) is 0 Å². The predicted molar refractivity (Wildman–Crippen MR) is 124 cm³/mol. The molecule has 0 fully saturated rings. The molecule has 3 aromatic rings. The van der Waals surface area contributed by atoms with Crippen LogP contribution in [0.4, 0.5) is 0 Å². The Hall–Kier alpha value is -2.90. The Labute approximate surface area is 181 Å². The lowest BCUT2D eigenvalue weighted by Gasteiger charge is -2.22. The van der Waals surface area contributed by atoms with Crippen molar-refractivity contribution in [2.75, 3.05) is 26.7 Å². The molecule has 3 N–H and O–H groups in total. The van der Waals surface area contributed by atoms with Gasteiger partial charge in [0.1, 0.15) is 6.10 Å². The predicted octanol–water partition coefficient (Wildman–Crippen LogP) is 3.15. The molecule has 2 aromatic carbocycles. The van der Waals surface area contributed by atoms with Gasteiger partial charge in [0.15, 0.2) is 5.96 Å². The maximum absolute atomic E-state index is 12.6. The molecule has 3 rings (SSSR count). The van der Waals surface area contributed by atoms with Gasteiger partial charge in [-0.15, -0.1) is 11.3 Å². The van der Waals surface area contributed by atoms with Gasteiger partial charge in [-0.1, -0.05) is 48.5 Å². The van der Waals surface area contributed by atoms with Crippen molar-refractivity contribution in [2.45, 2.75) is 19.6 Å². The Morgan fingerprint density at radius 3 is 2.57 bits per heavy atom. The number of nitrogens with one attached hydrogen (secondary N) is 2. The molecule has 1 amide bonds. The van der Waals surface area contributed by atoms with Crippen LogP contribution in [0.25, 0.3) is 10.1 Å². The molecule has 158 valence electrons. The van der Waals surface area contributed by atoms with Crippen LogP contribution in [0.2, 0.25) is 0 Å². The second-order valence-corrected chi connectivity index (χ2v) is 8.02. The van der Waals surface area contributed by atoms with E-state index in [9.17, 15) is 9.90 Å². The van der Waals surface area contributed by atoms with Gasteiger partial charge in [0.05, 0.1) is 6.54 Å². The van der Waals surface area contributed by atoms with Crippen molar-refractivity contribution in [1.82, 2.24) is 15.5 Å². The zero-order chi connectivity index (χ0) is 21.3. The number of thiophene rings is 1. The van der Waals surface area contributed by atoms with Crippen LogP contribution in [-0.2, 0) is 11.3 Å². The van der Waals surface area contributed by atoms with Crippen LogP contribution in [-0.4, -0.2) is 48.6 Å². The van der Waals surface area contributed by atoms with Crippen molar-refractivity contribution < 1.29 is 9.90 Å². The number of likely N-dealkylation sites (N-methyl/N-ethyl adjacent to an activating group) is 1. The molecular weight excluding hydrogens is 396 g/mol. The summed E-state index contributed by atoms with van der Waals surface area (Å²) in [6.07, 6.45) is -0.651. The third-order valence-electron chi connectivity index (χ3n) is 4.82. The van der Waals surface area contributed by atoms with E-state index in [1.165, 1.54) is 0 Å². The van der Waals surface area contributed by atoms with Crippen LogP contribution in [0.15, 0.2) is 65.7 Å². The van der Waals surface area contributed by atoms with Gasteiger partial charge in [0.25, 0.3) is 0 Å². The lowest BCUT2D eigenvalue weighted by molar-refractivity contribution is -0.130. The molecular formula is C23H28N4O2S. The highest BCUT2D eigenvalue weighted by atomic mass is 32.1. The third kappa shape index (κ3) is 5.81. The summed E-state index contributed by atoms with van der Waals surface area (Å²) >= 11 is 1.58. The molecule has 0 saturated carbocycles. The lowest BCUT2D eigenvalue weighted by Crippen LogP contribution is -2.45. The summed E-state index contributed by atoms with van der Waals surface area (Å²) in [5.41, 5.74) is 1.10. The Bertz CT molecular complexity index is 954. The van der Waals surface area contributed by atoms with Crippen molar-refractivity contribution in [3.8, 4) is 0 Å². The van der Waals surface area contributed by atoms with E-state index in [1.807, 2.05) is 67.6 Å². The number of fused-ring (bicyclic) bond motifs is 1. The normalized spacial score (nSPS) is 12.6. The van der Waals surface area contributed by atoms with E-state index in [0.29, 0.717) is 25.6 Å². The monoisotopic (exact) mass is 424 g/mol. The summed E-state index contributed by atoms with van der Waals surface area (Å²) in [7, 11) is 1.65. The average Bonchev–Trinajstić information content (AvgIpc) is 3.22. The smallest absolute Gasteiger partial charge is 0.242 e. The Morgan fingerprint density at radius 1 is 1.13 bits per heavy atom. The standard InChI is InChI=1S/C23H28N4O2S/c1-3-27(16-17-9-5-4-6-10-17)22(29)15-26-23(24-2)25-14-19(28)21-13-18-11-7-8-12-20(18)30-21/h4-13,19,28H,3,14-16H2,1-2H3,(H2,24,25,26). The highest BCUT2D eigenvalue weighted by Gasteiger charge is 2.15. The summed E-state index contributed by atoms with van der Waals surface area (Å²) in [5, 5.41) is 17.8. The SMILES string of the molecule is CCN(Cc1ccccc1)C(=O)CNC(=NC)NCC(O)c1cc2ccccc2s1. The molecule has 0 aliphatic rings. The molecule has 0 spiro atoms. The first-order valence-electron chi connectivity index (χ1n) is 10.0. The number of aliphatic hydroxyl groups excluding tert-OH is 1. The van der Waals surface area contributed by atoms with E-state index in [4.69, 9.17) is 0 Å². The fourth-order valence-corrected chi connectivity index (χ4v) is 4.18. The van der Waals surface area contributed by atoms with E-state index in [2.05, 4.69) is 15.6 Å². The molecule has 30 heavy (non-hydrogen) atoms. The van der Waals surface area contributed by atoms with E-state index in [0.717, 1.165) is 20.5 Å². The van der Waals surface area contributed by atoms with Gasteiger partial charge in [0.2, 0.25) is 5.91 Å². The maximum atomic E-state index is 12.6. The molecule has 1 aromatic heterocycles. The van der Waals surface area contributed by atoms with Crippen molar-refractivity contribution in [1.29, 1.82) is 0 Å². The van der Waals surface area contributed by atoms with E-state index < -0.39 is 6.10 Å². The molecule has 0 aliphatic carbocycles. The van der Waals surface area contributed by atoms with E-state index in [1.54, 1.807) is 23.3 Å². The number of rotatable bonds is 8. The first-order valence-corrected chi connectivity index (χ1v) is 10.8. The number of guanidine groups is 1. The number of aliphatic imine (C=N–C) groups is 1. The Morgan fingerprint density at radius 2 is 1.87 bits per heavy atom. The van der Waals surface area contributed by atoms with Gasteiger partial charge in [0, 0.05) is 36.3 Å². The second kappa shape index (κ2) is 10.8. The van der Waals surface area contributed by atoms with E-state index >= 15 is 0 Å². The molecule has 0 aliphatic heterocycles. The first kappa shape index (κ1) is 21.8. The highest BCUT2D eigenvalue weighted by molar-refractivity contribution is 7.19. The molecule has 6 nitrogen and oxygen atoms in total. The molecule has 0 saturated heterocycles. The van der Waals surface area contributed by atoms with Crippen LogP contribution in [0.1, 0.15) is 23.5 Å². The quantitative estimate of drug-likeness (QED) is 0.384. The number of hydrogen-bond acceptors (Lipinski definition) is 4. The van der Waals surface area contributed by atoms with Crippen LogP contribution >= 0.6 is 11.3 Å². The molecule has 7 heteroatoms. The summed E-state index contributed by atoms with van der Waals surface area (Å²) in [5.74, 6) is 0.480. The van der Waals surface area contributed by atoms with Crippen LogP contribution in [0, 0.1) is 0 Å².